The average molecular weight is 319 g/mol. The van der Waals surface area contributed by atoms with E-state index >= 15 is 0 Å². The largest absolute Gasteiger partial charge is 0.362 e. The van der Waals surface area contributed by atoms with E-state index in [0.717, 1.165) is 25.2 Å². The number of nitrogens with one attached hydrogen (secondary N) is 1. The molecule has 0 aliphatic rings. The van der Waals surface area contributed by atoms with Crippen LogP contribution in [-0.2, 0) is 19.4 Å². The molecule has 124 valence electrons. The molecular formula is C21H25N3. The van der Waals surface area contributed by atoms with Crippen molar-refractivity contribution >= 4 is 5.69 Å². The first kappa shape index (κ1) is 16.3. The maximum atomic E-state index is 4.37. The number of H-pyrrole nitrogens is 1. The molecule has 0 spiro atoms. The summed E-state index contributed by atoms with van der Waals surface area (Å²) in [5, 5.41) is 0. The molecule has 0 atom stereocenters. The highest BCUT2D eigenvalue weighted by molar-refractivity contribution is 5.49. The number of nitrogens with zero attached hydrogens (tertiary/aromatic N) is 2. The molecule has 3 rings (SSSR count). The standard InChI is InChI=1S/C21H25N3/c1-17(2)24(16-21-22-13-14-23-21)20-10-6-9-19(15-20)12-11-18-7-4-3-5-8-18/h3-10,13-15,17H,11-12,16H2,1-2H3,(H,22,23). The summed E-state index contributed by atoms with van der Waals surface area (Å²) in [6, 6.07) is 20.0. The van der Waals surface area contributed by atoms with E-state index < -0.39 is 0 Å². The van der Waals surface area contributed by atoms with Crippen LogP contribution >= 0.6 is 0 Å². The molecule has 0 unspecified atom stereocenters. The summed E-state index contributed by atoms with van der Waals surface area (Å²) in [6.45, 7) is 5.24. The Balaban J connectivity index is 1.72. The summed E-state index contributed by atoms with van der Waals surface area (Å²) < 4.78 is 0. The summed E-state index contributed by atoms with van der Waals surface area (Å²) in [5.74, 6) is 0.999. The minimum atomic E-state index is 0.416. The SMILES string of the molecule is CC(C)N(Cc1ncc[nH]1)c1cccc(CCc2ccccc2)c1. The van der Waals surface area contributed by atoms with Gasteiger partial charge in [-0.3, -0.25) is 0 Å². The fourth-order valence-corrected chi connectivity index (χ4v) is 2.94. The van der Waals surface area contributed by atoms with E-state index in [9.17, 15) is 0 Å². The lowest BCUT2D eigenvalue weighted by Gasteiger charge is -2.28. The van der Waals surface area contributed by atoms with Crippen LogP contribution in [0.4, 0.5) is 5.69 Å². The molecule has 3 nitrogen and oxygen atoms in total. The van der Waals surface area contributed by atoms with E-state index in [1.807, 2.05) is 12.4 Å². The minimum absolute atomic E-state index is 0.416. The highest BCUT2D eigenvalue weighted by Crippen LogP contribution is 2.21. The number of aromatic amines is 1. The smallest absolute Gasteiger partial charge is 0.125 e. The predicted octanol–water partition coefficient (Wildman–Crippen LogP) is 4.61. The van der Waals surface area contributed by atoms with Gasteiger partial charge >= 0.3 is 0 Å². The first-order valence-electron chi connectivity index (χ1n) is 8.60. The average Bonchev–Trinajstić information content (AvgIpc) is 3.12. The van der Waals surface area contributed by atoms with Gasteiger partial charge in [0.05, 0.1) is 6.54 Å². The van der Waals surface area contributed by atoms with Gasteiger partial charge in [0.1, 0.15) is 5.82 Å². The van der Waals surface area contributed by atoms with Crippen molar-refractivity contribution in [1.82, 2.24) is 9.97 Å². The van der Waals surface area contributed by atoms with Gasteiger partial charge in [-0.25, -0.2) is 4.98 Å². The van der Waals surface area contributed by atoms with Crippen molar-refractivity contribution < 1.29 is 0 Å². The number of benzene rings is 2. The van der Waals surface area contributed by atoms with Crippen molar-refractivity contribution in [2.24, 2.45) is 0 Å². The van der Waals surface area contributed by atoms with E-state index in [0.29, 0.717) is 6.04 Å². The van der Waals surface area contributed by atoms with Crippen molar-refractivity contribution in [3.63, 3.8) is 0 Å². The molecule has 0 radical (unpaired) electrons. The van der Waals surface area contributed by atoms with E-state index in [1.54, 1.807) is 0 Å². The van der Waals surface area contributed by atoms with E-state index in [4.69, 9.17) is 0 Å². The molecule has 0 bridgehead atoms. The number of anilines is 1. The maximum absolute atomic E-state index is 4.37. The second-order valence-electron chi connectivity index (χ2n) is 6.41. The molecule has 24 heavy (non-hydrogen) atoms. The number of hydrogen-bond acceptors (Lipinski definition) is 2. The van der Waals surface area contributed by atoms with Gasteiger partial charge in [0, 0.05) is 24.1 Å². The fraction of sp³-hybridized carbons (Fsp3) is 0.286. The highest BCUT2D eigenvalue weighted by Gasteiger charge is 2.13. The zero-order valence-electron chi connectivity index (χ0n) is 14.4. The summed E-state index contributed by atoms with van der Waals surface area (Å²) in [7, 11) is 0. The van der Waals surface area contributed by atoms with Crippen LogP contribution in [0.5, 0.6) is 0 Å². The fourth-order valence-electron chi connectivity index (χ4n) is 2.94. The van der Waals surface area contributed by atoms with Gasteiger partial charge in [0.2, 0.25) is 0 Å². The Morgan fingerprint density at radius 2 is 1.71 bits per heavy atom. The van der Waals surface area contributed by atoms with Crippen molar-refractivity contribution in [3.8, 4) is 0 Å². The van der Waals surface area contributed by atoms with Crippen LogP contribution in [0, 0.1) is 0 Å². The molecule has 0 aliphatic heterocycles. The van der Waals surface area contributed by atoms with Crippen LogP contribution < -0.4 is 4.90 Å². The van der Waals surface area contributed by atoms with Crippen LogP contribution in [0.25, 0.3) is 0 Å². The first-order valence-corrected chi connectivity index (χ1v) is 8.60. The molecule has 1 N–H and O–H groups in total. The van der Waals surface area contributed by atoms with E-state index in [-0.39, 0.29) is 0 Å². The molecule has 0 saturated carbocycles. The molecule has 0 saturated heterocycles. The zero-order valence-corrected chi connectivity index (χ0v) is 14.4. The lowest BCUT2D eigenvalue weighted by atomic mass is 10.0. The summed E-state index contributed by atoms with van der Waals surface area (Å²) in [4.78, 5) is 9.95. The van der Waals surface area contributed by atoms with Crippen LogP contribution in [0.15, 0.2) is 67.0 Å². The third-order valence-corrected chi connectivity index (χ3v) is 4.29. The molecule has 0 amide bonds. The third-order valence-electron chi connectivity index (χ3n) is 4.29. The lowest BCUT2D eigenvalue weighted by Crippen LogP contribution is -2.30. The Morgan fingerprint density at radius 3 is 2.42 bits per heavy atom. The molecule has 2 aromatic carbocycles. The second kappa shape index (κ2) is 7.82. The Bertz CT molecular complexity index is 733. The lowest BCUT2D eigenvalue weighted by molar-refractivity contribution is 0.666. The van der Waals surface area contributed by atoms with E-state index in [1.165, 1.54) is 16.8 Å². The number of aromatic nitrogens is 2. The van der Waals surface area contributed by atoms with Crippen molar-refractivity contribution in [2.75, 3.05) is 4.90 Å². The summed E-state index contributed by atoms with van der Waals surface area (Å²) in [6.07, 6.45) is 5.82. The van der Waals surface area contributed by atoms with Crippen LogP contribution in [0.2, 0.25) is 0 Å². The van der Waals surface area contributed by atoms with Crippen molar-refractivity contribution in [2.45, 2.75) is 39.3 Å². The van der Waals surface area contributed by atoms with Gasteiger partial charge in [0.15, 0.2) is 0 Å². The molecule has 0 aliphatic carbocycles. The Labute approximate surface area is 144 Å². The third kappa shape index (κ3) is 4.25. The van der Waals surface area contributed by atoms with Gasteiger partial charge in [-0.1, -0.05) is 42.5 Å². The summed E-state index contributed by atoms with van der Waals surface area (Å²) >= 11 is 0. The van der Waals surface area contributed by atoms with Crippen LogP contribution in [0.1, 0.15) is 30.8 Å². The number of imidazole rings is 1. The molecular weight excluding hydrogens is 294 g/mol. The van der Waals surface area contributed by atoms with E-state index in [2.05, 4.69) is 83.3 Å². The second-order valence-corrected chi connectivity index (χ2v) is 6.41. The summed E-state index contributed by atoms with van der Waals surface area (Å²) in [5.41, 5.74) is 4.02. The Kier molecular flexibility index (Phi) is 5.32. The van der Waals surface area contributed by atoms with Crippen LogP contribution in [-0.4, -0.2) is 16.0 Å². The predicted molar refractivity (Wildman–Crippen MR) is 100 cm³/mol. The normalized spacial score (nSPS) is 11.0. The Morgan fingerprint density at radius 1 is 0.958 bits per heavy atom. The molecule has 3 aromatic rings. The number of rotatable bonds is 7. The minimum Gasteiger partial charge on any atom is -0.362 e. The van der Waals surface area contributed by atoms with Gasteiger partial charge in [0.25, 0.3) is 0 Å². The topological polar surface area (TPSA) is 31.9 Å². The molecule has 3 heteroatoms. The zero-order chi connectivity index (χ0) is 16.8. The maximum Gasteiger partial charge on any atom is 0.125 e. The molecule has 0 fully saturated rings. The number of aryl methyl sites for hydroxylation is 2. The van der Waals surface area contributed by atoms with Gasteiger partial charge in [-0.2, -0.15) is 0 Å². The highest BCUT2D eigenvalue weighted by atomic mass is 15.2. The van der Waals surface area contributed by atoms with Gasteiger partial charge < -0.3 is 9.88 Å². The molecule has 1 heterocycles. The van der Waals surface area contributed by atoms with Gasteiger partial charge in [-0.15, -0.1) is 0 Å². The van der Waals surface area contributed by atoms with Crippen molar-refractivity contribution in [1.29, 1.82) is 0 Å². The van der Waals surface area contributed by atoms with Crippen molar-refractivity contribution in [3.05, 3.63) is 83.9 Å². The number of hydrogen-bond donors (Lipinski definition) is 1. The first-order chi connectivity index (χ1) is 11.7. The monoisotopic (exact) mass is 319 g/mol. The van der Waals surface area contributed by atoms with Gasteiger partial charge in [-0.05, 0) is 49.9 Å². The Hall–Kier alpha value is -2.55. The van der Waals surface area contributed by atoms with Crippen LogP contribution in [0.3, 0.4) is 0 Å². The molecule has 1 aromatic heterocycles. The quantitative estimate of drug-likeness (QED) is 0.689.